The topological polar surface area (TPSA) is 55.6 Å². The van der Waals surface area contributed by atoms with Crippen LogP contribution in [-0.2, 0) is 9.53 Å². The summed E-state index contributed by atoms with van der Waals surface area (Å²) >= 11 is 0. The van der Waals surface area contributed by atoms with Gasteiger partial charge in [-0.05, 0) is 6.92 Å². The van der Waals surface area contributed by atoms with Gasteiger partial charge in [-0.1, -0.05) is 0 Å². The maximum absolute atomic E-state index is 11.3. The molecule has 1 amide bonds. The summed E-state index contributed by atoms with van der Waals surface area (Å²) in [4.78, 5) is 13.1. The van der Waals surface area contributed by atoms with Crippen molar-refractivity contribution in [2.24, 2.45) is 5.73 Å². The van der Waals surface area contributed by atoms with E-state index in [1.54, 1.807) is 4.90 Å². The second-order valence-electron chi connectivity index (χ2n) is 2.51. The summed E-state index contributed by atoms with van der Waals surface area (Å²) < 4.78 is 5.16. The average molecular weight is 158 g/mol. The van der Waals surface area contributed by atoms with E-state index in [4.69, 9.17) is 10.5 Å². The average Bonchev–Trinajstić information content (AvgIpc) is 2.05. The third-order valence-corrected chi connectivity index (χ3v) is 1.86. The van der Waals surface area contributed by atoms with Gasteiger partial charge >= 0.3 is 0 Å². The molecule has 1 unspecified atom stereocenters. The largest absolute Gasteiger partial charge is 0.365 e. The molecule has 0 radical (unpaired) electrons. The Balaban J connectivity index is 2.52. The van der Waals surface area contributed by atoms with E-state index in [1.165, 1.54) is 0 Å². The number of nitrogens with zero attached hydrogens (tertiary/aromatic N) is 1. The number of rotatable bonds is 2. The van der Waals surface area contributed by atoms with Gasteiger partial charge < -0.3 is 15.4 Å². The van der Waals surface area contributed by atoms with Crippen LogP contribution in [0.15, 0.2) is 0 Å². The van der Waals surface area contributed by atoms with Crippen molar-refractivity contribution >= 4 is 5.91 Å². The molecule has 2 N–H and O–H groups in total. The molecule has 1 fully saturated rings. The fraction of sp³-hybridized carbons (Fsp3) is 0.857. The first-order chi connectivity index (χ1) is 5.29. The zero-order valence-electron chi connectivity index (χ0n) is 6.75. The Kier molecular flexibility index (Phi) is 2.84. The third kappa shape index (κ3) is 1.70. The van der Waals surface area contributed by atoms with Crippen LogP contribution in [0, 0.1) is 0 Å². The molecule has 1 rings (SSSR count). The molecular formula is C7H14N2O2. The van der Waals surface area contributed by atoms with Gasteiger partial charge in [0.05, 0.1) is 6.61 Å². The Labute approximate surface area is 66.3 Å². The Morgan fingerprint density at radius 2 is 2.55 bits per heavy atom. The smallest absolute Gasteiger partial charge is 0.253 e. The van der Waals surface area contributed by atoms with Crippen molar-refractivity contribution in [3.05, 3.63) is 0 Å². The van der Waals surface area contributed by atoms with Crippen molar-refractivity contribution in [2.45, 2.75) is 13.0 Å². The molecule has 4 nitrogen and oxygen atoms in total. The van der Waals surface area contributed by atoms with Crippen molar-refractivity contribution in [3.8, 4) is 0 Å². The van der Waals surface area contributed by atoms with Crippen LogP contribution in [0.2, 0.25) is 0 Å². The highest BCUT2D eigenvalue weighted by atomic mass is 16.5. The summed E-state index contributed by atoms with van der Waals surface area (Å²) in [5, 5.41) is 0. The lowest BCUT2D eigenvalue weighted by molar-refractivity contribution is -0.151. The molecule has 4 heteroatoms. The second kappa shape index (κ2) is 3.69. The van der Waals surface area contributed by atoms with Gasteiger partial charge in [0, 0.05) is 19.6 Å². The van der Waals surface area contributed by atoms with Crippen LogP contribution < -0.4 is 5.73 Å². The van der Waals surface area contributed by atoms with Gasteiger partial charge in [0.25, 0.3) is 5.91 Å². The first-order valence-electron chi connectivity index (χ1n) is 3.90. The molecule has 1 saturated heterocycles. The molecule has 0 bridgehead atoms. The van der Waals surface area contributed by atoms with Gasteiger partial charge in [-0.15, -0.1) is 0 Å². The Morgan fingerprint density at radius 3 is 3.09 bits per heavy atom. The van der Waals surface area contributed by atoms with Gasteiger partial charge in [0.15, 0.2) is 0 Å². The monoisotopic (exact) mass is 158 g/mol. The lowest BCUT2D eigenvalue weighted by Gasteiger charge is -2.30. The number of amides is 1. The van der Waals surface area contributed by atoms with Gasteiger partial charge in [-0.2, -0.15) is 0 Å². The highest BCUT2D eigenvalue weighted by molar-refractivity contribution is 5.81. The first kappa shape index (κ1) is 8.49. The minimum atomic E-state index is -0.399. The van der Waals surface area contributed by atoms with Crippen LogP contribution in [0.1, 0.15) is 6.92 Å². The SMILES string of the molecule is CCN1CCOC(CN)C1=O. The van der Waals surface area contributed by atoms with Gasteiger partial charge in [0.2, 0.25) is 0 Å². The Bertz CT molecular complexity index is 135. The van der Waals surface area contributed by atoms with Crippen LogP contribution in [-0.4, -0.2) is 43.2 Å². The number of morpholine rings is 1. The number of hydrogen-bond donors (Lipinski definition) is 1. The molecule has 1 aliphatic heterocycles. The molecule has 0 aromatic rings. The maximum Gasteiger partial charge on any atom is 0.253 e. The zero-order chi connectivity index (χ0) is 8.27. The quantitative estimate of drug-likeness (QED) is 0.572. The predicted molar refractivity (Wildman–Crippen MR) is 41.0 cm³/mol. The van der Waals surface area contributed by atoms with Gasteiger partial charge in [0.1, 0.15) is 6.10 Å². The Hall–Kier alpha value is -0.610. The summed E-state index contributed by atoms with van der Waals surface area (Å²) in [5.74, 6) is 0.0289. The van der Waals surface area contributed by atoms with Crippen molar-refractivity contribution in [1.82, 2.24) is 4.90 Å². The normalized spacial score (nSPS) is 25.8. The summed E-state index contributed by atoms with van der Waals surface area (Å²) in [6, 6.07) is 0. The van der Waals surface area contributed by atoms with Gasteiger partial charge in [-0.25, -0.2) is 0 Å². The molecule has 0 aromatic carbocycles. The van der Waals surface area contributed by atoms with Crippen molar-refractivity contribution < 1.29 is 9.53 Å². The summed E-state index contributed by atoms with van der Waals surface area (Å²) in [6.45, 7) is 4.30. The van der Waals surface area contributed by atoms with E-state index in [0.29, 0.717) is 13.2 Å². The van der Waals surface area contributed by atoms with Crippen molar-refractivity contribution in [3.63, 3.8) is 0 Å². The van der Waals surface area contributed by atoms with Crippen LogP contribution >= 0.6 is 0 Å². The van der Waals surface area contributed by atoms with Crippen molar-refractivity contribution in [2.75, 3.05) is 26.2 Å². The fourth-order valence-corrected chi connectivity index (χ4v) is 1.17. The molecule has 0 aliphatic carbocycles. The number of ether oxygens (including phenoxy) is 1. The number of carbonyl (C=O) groups is 1. The van der Waals surface area contributed by atoms with Crippen LogP contribution in [0.4, 0.5) is 0 Å². The summed E-state index contributed by atoms with van der Waals surface area (Å²) in [5.41, 5.74) is 5.34. The fourth-order valence-electron chi connectivity index (χ4n) is 1.17. The zero-order valence-corrected chi connectivity index (χ0v) is 6.75. The van der Waals surface area contributed by atoms with E-state index in [0.717, 1.165) is 6.54 Å². The number of nitrogens with two attached hydrogens (primary N) is 1. The number of carbonyl (C=O) groups excluding carboxylic acids is 1. The van der Waals surface area contributed by atoms with E-state index < -0.39 is 6.10 Å². The van der Waals surface area contributed by atoms with Crippen LogP contribution in [0.25, 0.3) is 0 Å². The molecule has 1 heterocycles. The summed E-state index contributed by atoms with van der Waals surface area (Å²) in [6.07, 6.45) is -0.399. The molecule has 11 heavy (non-hydrogen) atoms. The molecule has 0 spiro atoms. The van der Waals surface area contributed by atoms with E-state index in [-0.39, 0.29) is 12.5 Å². The lowest BCUT2D eigenvalue weighted by atomic mass is 10.2. The molecule has 1 aliphatic rings. The Morgan fingerprint density at radius 1 is 1.82 bits per heavy atom. The molecule has 0 saturated carbocycles. The second-order valence-corrected chi connectivity index (χ2v) is 2.51. The van der Waals surface area contributed by atoms with Crippen molar-refractivity contribution in [1.29, 1.82) is 0 Å². The number of likely N-dealkylation sites (N-methyl/N-ethyl adjacent to an activating group) is 1. The van der Waals surface area contributed by atoms with Crippen LogP contribution in [0.5, 0.6) is 0 Å². The standard InChI is InChI=1S/C7H14N2O2/c1-2-9-3-4-11-6(5-8)7(9)10/h6H,2-5,8H2,1H3. The lowest BCUT2D eigenvalue weighted by Crippen LogP contribution is -2.50. The first-order valence-corrected chi connectivity index (χ1v) is 3.90. The minimum absolute atomic E-state index is 0.0289. The predicted octanol–water partition coefficient (Wildman–Crippen LogP) is -0.808. The molecule has 64 valence electrons. The molecule has 1 atom stereocenters. The highest BCUT2D eigenvalue weighted by Crippen LogP contribution is 2.04. The van der Waals surface area contributed by atoms with E-state index in [2.05, 4.69) is 0 Å². The minimum Gasteiger partial charge on any atom is -0.365 e. The van der Waals surface area contributed by atoms with E-state index >= 15 is 0 Å². The van der Waals surface area contributed by atoms with E-state index in [9.17, 15) is 4.79 Å². The van der Waals surface area contributed by atoms with Gasteiger partial charge in [-0.3, -0.25) is 4.79 Å². The van der Waals surface area contributed by atoms with Crippen LogP contribution in [0.3, 0.4) is 0 Å². The third-order valence-electron chi connectivity index (χ3n) is 1.86. The molecule has 0 aromatic heterocycles. The highest BCUT2D eigenvalue weighted by Gasteiger charge is 2.26. The maximum atomic E-state index is 11.3. The molecular weight excluding hydrogens is 144 g/mol. The summed E-state index contributed by atoms with van der Waals surface area (Å²) in [7, 11) is 0. The van der Waals surface area contributed by atoms with E-state index in [1.807, 2.05) is 6.92 Å². The number of hydrogen-bond acceptors (Lipinski definition) is 3.